The fourth-order valence-corrected chi connectivity index (χ4v) is 4.36. The van der Waals surface area contributed by atoms with E-state index in [1.807, 2.05) is 53.7 Å². The number of hydrogen-bond donors (Lipinski definition) is 1. The minimum absolute atomic E-state index is 0.146. The minimum atomic E-state index is -1.15. The molecule has 1 N–H and O–H groups in total. The maximum absolute atomic E-state index is 10.6. The lowest BCUT2D eigenvalue weighted by molar-refractivity contribution is -0.380. The van der Waals surface area contributed by atoms with Gasteiger partial charge in [-0.3, -0.25) is 0 Å². The first kappa shape index (κ1) is 30.8. The molecule has 0 aliphatic heterocycles. The molecule has 1 aromatic rings. The molecular weight excluding hydrogens is 436 g/mol. The number of ether oxygens (including phenoxy) is 6. The van der Waals surface area contributed by atoms with Crippen molar-refractivity contribution in [2.45, 2.75) is 97.9 Å². The van der Waals surface area contributed by atoms with Gasteiger partial charge in [0.1, 0.15) is 11.9 Å². The number of para-hydroxylation sites is 1. The number of aromatic hydroxyl groups is 1. The molecule has 1 unspecified atom stereocenters. The average Bonchev–Trinajstić information content (AvgIpc) is 2.81. The van der Waals surface area contributed by atoms with Crippen LogP contribution < -0.4 is 0 Å². The van der Waals surface area contributed by atoms with Crippen LogP contribution in [0.3, 0.4) is 0 Å². The summed E-state index contributed by atoms with van der Waals surface area (Å²) in [6, 6.07) is 7.18. The van der Waals surface area contributed by atoms with Gasteiger partial charge in [-0.25, -0.2) is 0 Å². The molecule has 0 aliphatic rings. The summed E-state index contributed by atoms with van der Waals surface area (Å²) in [5.74, 6) is -1.96. The van der Waals surface area contributed by atoms with Crippen LogP contribution in [0.2, 0.25) is 0 Å². The average molecular weight is 485 g/mol. The number of phenols is 1. The van der Waals surface area contributed by atoms with Crippen molar-refractivity contribution in [3.63, 3.8) is 0 Å². The highest BCUT2D eigenvalue weighted by atomic mass is 16.9. The number of hydrogen-bond acceptors (Lipinski definition) is 7. The lowest BCUT2D eigenvalue weighted by atomic mass is 9.94. The molecule has 0 aliphatic carbocycles. The van der Waals surface area contributed by atoms with Gasteiger partial charge in [-0.15, -0.1) is 0 Å². The standard InChI is InChI=1S/C27H48O7/c1-7-29-25(27(33-11-5,34-12-6)23-19-16-17-20-24(23)28)21-15-13-14-18-22-26(30-8-2,31-9-3)32-10-4/h16-17,19-20,25,28H,7-15,18,21-22H2,1-6H3. The summed E-state index contributed by atoms with van der Waals surface area (Å²) in [7, 11) is 0. The second kappa shape index (κ2) is 17.2. The molecule has 1 atom stereocenters. The topological polar surface area (TPSA) is 75.6 Å². The Balaban J connectivity index is 2.83. The smallest absolute Gasteiger partial charge is 0.282 e. The van der Waals surface area contributed by atoms with E-state index in [1.54, 1.807) is 12.1 Å². The van der Waals surface area contributed by atoms with Gasteiger partial charge in [0.15, 0.2) is 0 Å². The number of phenolic OH excluding ortho intramolecular Hbond substituents is 1. The number of rotatable bonds is 21. The highest BCUT2D eigenvalue weighted by molar-refractivity contribution is 5.36. The largest absolute Gasteiger partial charge is 0.507 e. The second-order valence-electron chi connectivity index (χ2n) is 7.93. The Hall–Kier alpha value is -1.22. The molecule has 7 heteroatoms. The zero-order valence-corrected chi connectivity index (χ0v) is 22.3. The minimum Gasteiger partial charge on any atom is -0.507 e. The van der Waals surface area contributed by atoms with Gasteiger partial charge in [-0.05, 0) is 66.5 Å². The van der Waals surface area contributed by atoms with E-state index in [0.29, 0.717) is 51.6 Å². The van der Waals surface area contributed by atoms with Crippen LogP contribution in [0, 0.1) is 0 Å². The Morgan fingerprint density at radius 1 is 0.676 bits per heavy atom. The first-order valence-corrected chi connectivity index (χ1v) is 13.1. The number of unbranched alkanes of at least 4 members (excludes halogenated alkanes) is 3. The van der Waals surface area contributed by atoms with Gasteiger partial charge < -0.3 is 33.5 Å². The zero-order valence-electron chi connectivity index (χ0n) is 22.3. The van der Waals surface area contributed by atoms with Gasteiger partial charge in [-0.1, -0.05) is 31.4 Å². The molecule has 0 saturated carbocycles. The Morgan fingerprint density at radius 2 is 1.21 bits per heavy atom. The first-order chi connectivity index (χ1) is 16.5. The van der Waals surface area contributed by atoms with Crippen molar-refractivity contribution in [3.05, 3.63) is 29.8 Å². The predicted molar refractivity (Wildman–Crippen MR) is 134 cm³/mol. The van der Waals surface area contributed by atoms with E-state index in [1.165, 1.54) is 0 Å². The van der Waals surface area contributed by atoms with Gasteiger partial charge >= 0.3 is 0 Å². The summed E-state index contributed by atoms with van der Waals surface area (Å²) in [5, 5.41) is 10.6. The molecule has 0 aromatic heterocycles. The molecule has 0 spiro atoms. The summed E-state index contributed by atoms with van der Waals surface area (Å²) in [4.78, 5) is 0. The molecule has 198 valence electrons. The summed E-state index contributed by atoms with van der Waals surface area (Å²) in [6.07, 6.45) is 4.98. The molecule has 0 bridgehead atoms. The fraction of sp³-hybridized carbons (Fsp3) is 0.778. The van der Waals surface area contributed by atoms with Crippen molar-refractivity contribution >= 4 is 0 Å². The SMILES string of the molecule is CCOC(CCCCCCC(OCC)(OCC)OCC)C(OCC)(OCC)c1ccccc1O. The predicted octanol–water partition coefficient (Wildman–Crippen LogP) is 6.13. The Labute approximate surface area is 207 Å². The Morgan fingerprint density at radius 3 is 1.71 bits per heavy atom. The van der Waals surface area contributed by atoms with Crippen LogP contribution in [0.25, 0.3) is 0 Å². The van der Waals surface area contributed by atoms with Crippen molar-refractivity contribution in [2.75, 3.05) is 39.6 Å². The Bertz CT molecular complexity index is 614. The van der Waals surface area contributed by atoms with Crippen LogP contribution in [0.1, 0.15) is 85.6 Å². The van der Waals surface area contributed by atoms with Crippen molar-refractivity contribution < 1.29 is 33.5 Å². The van der Waals surface area contributed by atoms with Crippen LogP contribution >= 0.6 is 0 Å². The summed E-state index contributed by atoms with van der Waals surface area (Å²) in [6.45, 7) is 14.7. The maximum Gasteiger partial charge on any atom is 0.282 e. The third-order valence-electron chi connectivity index (χ3n) is 5.58. The quantitative estimate of drug-likeness (QED) is 0.166. The van der Waals surface area contributed by atoms with Crippen LogP contribution in [0.5, 0.6) is 5.75 Å². The summed E-state index contributed by atoms with van der Waals surface area (Å²) in [5.41, 5.74) is 0.604. The lowest BCUT2D eigenvalue weighted by Crippen LogP contribution is -2.46. The van der Waals surface area contributed by atoms with Crippen LogP contribution in [0.15, 0.2) is 24.3 Å². The van der Waals surface area contributed by atoms with Gasteiger partial charge in [0.05, 0.1) is 5.56 Å². The molecule has 0 fully saturated rings. The molecular formula is C27H48O7. The van der Waals surface area contributed by atoms with Gasteiger partial charge in [0.2, 0.25) is 5.79 Å². The fourth-order valence-electron chi connectivity index (χ4n) is 4.36. The molecule has 34 heavy (non-hydrogen) atoms. The molecule has 0 heterocycles. The Kier molecular flexibility index (Phi) is 15.6. The van der Waals surface area contributed by atoms with E-state index in [-0.39, 0.29) is 11.9 Å². The molecule has 0 radical (unpaired) electrons. The van der Waals surface area contributed by atoms with Crippen molar-refractivity contribution in [1.82, 2.24) is 0 Å². The van der Waals surface area contributed by atoms with Crippen LogP contribution in [0.4, 0.5) is 0 Å². The van der Waals surface area contributed by atoms with E-state index < -0.39 is 11.8 Å². The van der Waals surface area contributed by atoms with E-state index in [9.17, 15) is 5.11 Å². The maximum atomic E-state index is 10.6. The highest BCUT2D eigenvalue weighted by Crippen LogP contribution is 2.40. The van der Waals surface area contributed by atoms with Crippen molar-refractivity contribution in [3.8, 4) is 5.75 Å². The van der Waals surface area contributed by atoms with Gasteiger partial charge in [0, 0.05) is 46.1 Å². The lowest BCUT2D eigenvalue weighted by Gasteiger charge is -2.40. The monoisotopic (exact) mass is 484 g/mol. The summed E-state index contributed by atoms with van der Waals surface area (Å²) >= 11 is 0. The molecule has 0 amide bonds. The molecule has 0 saturated heterocycles. The van der Waals surface area contributed by atoms with E-state index in [4.69, 9.17) is 28.4 Å². The van der Waals surface area contributed by atoms with E-state index >= 15 is 0 Å². The van der Waals surface area contributed by atoms with Crippen LogP contribution in [-0.2, 0) is 34.2 Å². The molecule has 7 nitrogen and oxygen atoms in total. The zero-order chi connectivity index (χ0) is 25.3. The summed E-state index contributed by atoms with van der Waals surface area (Å²) < 4.78 is 36.0. The highest BCUT2D eigenvalue weighted by Gasteiger charge is 2.45. The van der Waals surface area contributed by atoms with Crippen molar-refractivity contribution in [2.24, 2.45) is 0 Å². The van der Waals surface area contributed by atoms with Gasteiger partial charge in [-0.2, -0.15) is 0 Å². The molecule has 1 rings (SSSR count). The third-order valence-corrected chi connectivity index (χ3v) is 5.58. The van der Waals surface area contributed by atoms with Gasteiger partial charge in [0.25, 0.3) is 5.97 Å². The third kappa shape index (κ3) is 9.10. The van der Waals surface area contributed by atoms with Crippen LogP contribution in [-0.4, -0.2) is 56.8 Å². The second-order valence-corrected chi connectivity index (χ2v) is 7.93. The normalized spacial score (nSPS) is 13.4. The molecule has 1 aromatic carbocycles. The number of benzene rings is 1. The first-order valence-electron chi connectivity index (χ1n) is 13.1. The van der Waals surface area contributed by atoms with E-state index in [2.05, 4.69) is 0 Å². The van der Waals surface area contributed by atoms with E-state index in [0.717, 1.165) is 32.1 Å². The van der Waals surface area contributed by atoms with Crippen molar-refractivity contribution in [1.29, 1.82) is 0 Å².